The Morgan fingerprint density at radius 1 is 1.00 bits per heavy atom. The molecule has 2 aromatic carbocycles. The van der Waals surface area contributed by atoms with Gasteiger partial charge < -0.3 is 15.2 Å². The van der Waals surface area contributed by atoms with Crippen LogP contribution in [0.5, 0.6) is 11.5 Å². The molecule has 2 atom stereocenters. The van der Waals surface area contributed by atoms with Gasteiger partial charge in [0, 0.05) is 18.6 Å². The number of benzene rings is 2. The second kappa shape index (κ2) is 6.07. The van der Waals surface area contributed by atoms with Gasteiger partial charge in [-0.1, -0.05) is 30.3 Å². The molecule has 1 aliphatic rings. The van der Waals surface area contributed by atoms with Crippen molar-refractivity contribution in [2.75, 3.05) is 13.2 Å². The maximum atomic E-state index is 6.28. The maximum Gasteiger partial charge on any atom is 0.127 e. The number of para-hydroxylation sites is 1. The van der Waals surface area contributed by atoms with Crippen LogP contribution < -0.4 is 10.5 Å². The molecule has 1 aliphatic heterocycles. The molecule has 3 heteroatoms. The van der Waals surface area contributed by atoms with Crippen molar-refractivity contribution in [1.29, 1.82) is 0 Å². The van der Waals surface area contributed by atoms with Crippen LogP contribution in [0.25, 0.3) is 0 Å². The topological polar surface area (TPSA) is 44.5 Å². The van der Waals surface area contributed by atoms with E-state index in [1.165, 1.54) is 0 Å². The molecule has 0 spiro atoms. The highest BCUT2D eigenvalue weighted by Crippen LogP contribution is 2.28. The van der Waals surface area contributed by atoms with E-state index in [1.54, 1.807) is 0 Å². The van der Waals surface area contributed by atoms with Gasteiger partial charge in [0.25, 0.3) is 0 Å². The fraction of sp³-hybridized carbons (Fsp3) is 0.294. The van der Waals surface area contributed by atoms with Crippen LogP contribution in [0.4, 0.5) is 0 Å². The highest BCUT2D eigenvalue weighted by atomic mass is 16.5. The van der Waals surface area contributed by atoms with Crippen LogP contribution in [0.1, 0.15) is 18.0 Å². The molecule has 0 saturated carbocycles. The van der Waals surface area contributed by atoms with Crippen molar-refractivity contribution >= 4 is 0 Å². The first-order valence-electron chi connectivity index (χ1n) is 6.99. The first kappa shape index (κ1) is 13.2. The summed E-state index contributed by atoms with van der Waals surface area (Å²) >= 11 is 0. The highest BCUT2D eigenvalue weighted by molar-refractivity contribution is 5.34. The zero-order valence-electron chi connectivity index (χ0n) is 11.4. The first-order valence-corrected chi connectivity index (χ1v) is 6.99. The third kappa shape index (κ3) is 3.00. The van der Waals surface area contributed by atoms with Crippen LogP contribution in [0.3, 0.4) is 0 Å². The monoisotopic (exact) mass is 269 g/mol. The van der Waals surface area contributed by atoms with Gasteiger partial charge in [0.1, 0.15) is 11.5 Å². The number of rotatable bonds is 4. The van der Waals surface area contributed by atoms with Crippen LogP contribution in [0, 0.1) is 5.92 Å². The SMILES string of the molecule is NC(c1ccc(Oc2ccccc2)cc1)C1CCOC1. The van der Waals surface area contributed by atoms with Crippen LogP contribution in [-0.4, -0.2) is 13.2 Å². The van der Waals surface area contributed by atoms with Gasteiger partial charge in [-0.25, -0.2) is 0 Å². The molecule has 20 heavy (non-hydrogen) atoms. The molecule has 1 heterocycles. The van der Waals surface area contributed by atoms with Crippen molar-refractivity contribution in [1.82, 2.24) is 0 Å². The third-order valence-corrected chi connectivity index (χ3v) is 3.72. The molecule has 0 bridgehead atoms. The summed E-state index contributed by atoms with van der Waals surface area (Å²) in [6, 6.07) is 17.8. The van der Waals surface area contributed by atoms with Crippen LogP contribution in [-0.2, 0) is 4.74 Å². The summed E-state index contributed by atoms with van der Waals surface area (Å²) < 4.78 is 11.2. The minimum atomic E-state index is 0.0447. The molecule has 0 aliphatic carbocycles. The lowest BCUT2D eigenvalue weighted by molar-refractivity contribution is 0.181. The smallest absolute Gasteiger partial charge is 0.127 e. The Labute approximate surface area is 119 Å². The van der Waals surface area contributed by atoms with Crippen LogP contribution in [0.2, 0.25) is 0 Å². The maximum absolute atomic E-state index is 6.28. The van der Waals surface area contributed by atoms with Crippen molar-refractivity contribution in [2.24, 2.45) is 11.7 Å². The van der Waals surface area contributed by atoms with Gasteiger partial charge in [0.15, 0.2) is 0 Å². The lowest BCUT2D eigenvalue weighted by Crippen LogP contribution is -2.21. The number of nitrogens with two attached hydrogens (primary N) is 1. The molecule has 3 nitrogen and oxygen atoms in total. The molecule has 104 valence electrons. The quantitative estimate of drug-likeness (QED) is 0.923. The third-order valence-electron chi connectivity index (χ3n) is 3.72. The fourth-order valence-corrected chi connectivity index (χ4v) is 2.49. The Morgan fingerprint density at radius 2 is 1.70 bits per heavy atom. The Balaban J connectivity index is 1.68. The van der Waals surface area contributed by atoms with E-state index in [4.69, 9.17) is 15.2 Å². The van der Waals surface area contributed by atoms with Crippen LogP contribution in [0.15, 0.2) is 54.6 Å². The lowest BCUT2D eigenvalue weighted by atomic mass is 9.93. The summed E-state index contributed by atoms with van der Waals surface area (Å²) in [7, 11) is 0. The van der Waals surface area contributed by atoms with Crippen molar-refractivity contribution in [3.05, 3.63) is 60.2 Å². The normalized spacial score (nSPS) is 19.8. The molecule has 2 unspecified atom stereocenters. The summed E-state index contributed by atoms with van der Waals surface area (Å²) in [4.78, 5) is 0. The molecule has 3 rings (SSSR count). The van der Waals surface area contributed by atoms with Gasteiger partial charge in [-0.2, -0.15) is 0 Å². The first-order chi connectivity index (χ1) is 9.83. The molecule has 0 amide bonds. The van der Waals surface area contributed by atoms with E-state index in [9.17, 15) is 0 Å². The molecule has 1 saturated heterocycles. The van der Waals surface area contributed by atoms with Crippen molar-refractivity contribution in [2.45, 2.75) is 12.5 Å². The molecular weight excluding hydrogens is 250 g/mol. The molecule has 0 radical (unpaired) electrons. The van der Waals surface area contributed by atoms with E-state index in [1.807, 2.05) is 54.6 Å². The van der Waals surface area contributed by atoms with E-state index in [-0.39, 0.29) is 6.04 Å². The van der Waals surface area contributed by atoms with Gasteiger partial charge in [0.2, 0.25) is 0 Å². The predicted octanol–water partition coefficient (Wildman–Crippen LogP) is 3.52. The Kier molecular flexibility index (Phi) is 4.00. The zero-order valence-corrected chi connectivity index (χ0v) is 11.4. The standard InChI is InChI=1S/C17H19NO2/c18-17(14-10-11-19-12-14)13-6-8-16(9-7-13)20-15-4-2-1-3-5-15/h1-9,14,17H,10-12,18H2. The highest BCUT2D eigenvalue weighted by Gasteiger charge is 2.23. The number of hydrogen-bond acceptors (Lipinski definition) is 3. The van der Waals surface area contributed by atoms with Crippen molar-refractivity contribution in [3.8, 4) is 11.5 Å². The summed E-state index contributed by atoms with van der Waals surface area (Å²) in [6.07, 6.45) is 1.05. The Morgan fingerprint density at radius 3 is 2.35 bits per heavy atom. The van der Waals surface area contributed by atoms with E-state index in [0.29, 0.717) is 5.92 Å². The zero-order chi connectivity index (χ0) is 13.8. The molecule has 2 N–H and O–H groups in total. The van der Waals surface area contributed by atoms with Crippen LogP contribution >= 0.6 is 0 Å². The summed E-state index contributed by atoms with van der Waals surface area (Å²) in [5, 5.41) is 0. The molecule has 1 fully saturated rings. The Hall–Kier alpha value is -1.84. The average Bonchev–Trinajstić information content (AvgIpc) is 3.03. The number of ether oxygens (including phenoxy) is 2. The second-order valence-corrected chi connectivity index (χ2v) is 5.13. The van der Waals surface area contributed by atoms with Crippen molar-refractivity contribution < 1.29 is 9.47 Å². The van der Waals surface area contributed by atoms with E-state index in [0.717, 1.165) is 36.7 Å². The van der Waals surface area contributed by atoms with Gasteiger partial charge in [-0.15, -0.1) is 0 Å². The summed E-state index contributed by atoms with van der Waals surface area (Å²) in [5.74, 6) is 2.10. The Bertz CT molecular complexity index is 533. The van der Waals surface area contributed by atoms with Gasteiger partial charge >= 0.3 is 0 Å². The minimum absolute atomic E-state index is 0.0447. The van der Waals surface area contributed by atoms with E-state index < -0.39 is 0 Å². The molecule has 2 aromatic rings. The predicted molar refractivity (Wildman–Crippen MR) is 78.8 cm³/mol. The second-order valence-electron chi connectivity index (χ2n) is 5.13. The molecule has 0 aromatic heterocycles. The largest absolute Gasteiger partial charge is 0.457 e. The van der Waals surface area contributed by atoms with Gasteiger partial charge in [-0.3, -0.25) is 0 Å². The minimum Gasteiger partial charge on any atom is -0.457 e. The van der Waals surface area contributed by atoms with Gasteiger partial charge in [0.05, 0.1) is 6.61 Å². The number of hydrogen-bond donors (Lipinski definition) is 1. The molecular formula is C17H19NO2. The fourth-order valence-electron chi connectivity index (χ4n) is 2.49. The van der Waals surface area contributed by atoms with Gasteiger partial charge in [-0.05, 0) is 36.2 Å². The lowest BCUT2D eigenvalue weighted by Gasteiger charge is -2.18. The van der Waals surface area contributed by atoms with Crippen molar-refractivity contribution in [3.63, 3.8) is 0 Å². The van der Waals surface area contributed by atoms with E-state index >= 15 is 0 Å². The summed E-state index contributed by atoms with van der Waals surface area (Å²) in [5.41, 5.74) is 7.42. The summed E-state index contributed by atoms with van der Waals surface area (Å²) in [6.45, 7) is 1.59. The van der Waals surface area contributed by atoms with E-state index in [2.05, 4.69) is 0 Å². The average molecular weight is 269 g/mol.